The predicted molar refractivity (Wildman–Crippen MR) is 51.1 cm³/mol. The first-order chi connectivity index (χ1) is 5.00. The first-order valence-electron chi connectivity index (χ1n) is 3.94. The lowest BCUT2D eigenvalue weighted by molar-refractivity contribution is 0.570. The molecule has 58 valence electrons. The lowest BCUT2D eigenvalue weighted by Gasteiger charge is -2.17. The van der Waals surface area contributed by atoms with Crippen molar-refractivity contribution in [1.29, 1.82) is 0 Å². The van der Waals surface area contributed by atoms with Gasteiger partial charge in [0.2, 0.25) is 0 Å². The van der Waals surface area contributed by atoms with E-state index in [1.165, 1.54) is 0 Å². The molecule has 1 heterocycles. The van der Waals surface area contributed by atoms with E-state index in [9.17, 15) is 0 Å². The molecule has 1 nitrogen and oxygen atoms in total. The van der Waals surface area contributed by atoms with E-state index in [2.05, 4.69) is 37.9 Å². The van der Waals surface area contributed by atoms with Crippen LogP contribution in [0.2, 0.25) is 0 Å². The Bertz CT molecular complexity index is 250. The minimum absolute atomic E-state index is 0.173. The van der Waals surface area contributed by atoms with E-state index in [1.807, 2.05) is 13.9 Å². The Labute approximate surface area is 69.3 Å². The zero-order chi connectivity index (χ0) is 8.48. The van der Waals surface area contributed by atoms with Crippen molar-refractivity contribution in [3.63, 3.8) is 0 Å². The Morgan fingerprint density at radius 3 is 2.27 bits per heavy atom. The van der Waals surface area contributed by atoms with Gasteiger partial charge in [0, 0.05) is 11.1 Å². The van der Waals surface area contributed by atoms with E-state index in [0.717, 1.165) is 11.3 Å². The highest BCUT2D eigenvalue weighted by atomic mass is 14.7. The molecule has 0 radical (unpaired) electrons. The van der Waals surface area contributed by atoms with E-state index in [0.29, 0.717) is 0 Å². The summed E-state index contributed by atoms with van der Waals surface area (Å²) in [4.78, 5) is 4.44. The fourth-order valence-electron chi connectivity index (χ4n) is 0.961. The second-order valence-electron chi connectivity index (χ2n) is 3.91. The van der Waals surface area contributed by atoms with E-state index < -0.39 is 0 Å². The van der Waals surface area contributed by atoms with Crippen molar-refractivity contribution >= 4 is 13.4 Å². The number of aromatic nitrogens is 1. The van der Waals surface area contributed by atoms with Crippen LogP contribution in [0.4, 0.5) is 0 Å². The van der Waals surface area contributed by atoms with Gasteiger partial charge in [0.15, 0.2) is 7.85 Å². The molecule has 0 spiro atoms. The molecule has 2 heteroatoms. The third-order valence-corrected chi connectivity index (χ3v) is 1.66. The van der Waals surface area contributed by atoms with Gasteiger partial charge < -0.3 is 0 Å². The second kappa shape index (κ2) is 2.69. The van der Waals surface area contributed by atoms with Crippen molar-refractivity contribution in [1.82, 2.24) is 4.98 Å². The van der Waals surface area contributed by atoms with Gasteiger partial charge in [0.25, 0.3) is 0 Å². The van der Waals surface area contributed by atoms with Gasteiger partial charge in [-0.25, -0.2) is 0 Å². The Morgan fingerprint density at radius 2 is 1.91 bits per heavy atom. The summed E-state index contributed by atoms with van der Waals surface area (Å²) in [5.74, 6) is 0. The van der Waals surface area contributed by atoms with Gasteiger partial charge in [-0.2, -0.15) is 0 Å². The maximum atomic E-state index is 4.44. The fourth-order valence-corrected chi connectivity index (χ4v) is 0.961. The van der Waals surface area contributed by atoms with Crippen LogP contribution < -0.4 is 5.59 Å². The first-order valence-corrected chi connectivity index (χ1v) is 3.94. The monoisotopic (exact) mass is 147 g/mol. The molecule has 0 amide bonds. The van der Waals surface area contributed by atoms with E-state index in [-0.39, 0.29) is 5.41 Å². The topological polar surface area (TPSA) is 12.9 Å². The molecule has 0 saturated carbocycles. The molecule has 0 bridgehead atoms. The molecule has 0 N–H and O–H groups in total. The molecule has 0 aromatic carbocycles. The third kappa shape index (κ3) is 2.07. The van der Waals surface area contributed by atoms with E-state index >= 15 is 0 Å². The van der Waals surface area contributed by atoms with Crippen LogP contribution in [0.25, 0.3) is 0 Å². The van der Waals surface area contributed by atoms with Crippen LogP contribution in [0.1, 0.15) is 26.5 Å². The third-order valence-electron chi connectivity index (χ3n) is 1.66. The molecular formula is C9H14BN. The maximum absolute atomic E-state index is 4.44. The van der Waals surface area contributed by atoms with Crippen LogP contribution in [-0.4, -0.2) is 12.8 Å². The summed E-state index contributed by atoms with van der Waals surface area (Å²) in [5.41, 5.74) is 2.43. The Hall–Kier alpha value is -0.785. The average molecular weight is 147 g/mol. The summed E-state index contributed by atoms with van der Waals surface area (Å²) in [7, 11) is 2.02. The number of pyridine rings is 1. The standard InChI is InChI=1S/C9H14BN/c1-9(2,3)7-5-4-6-8(10)11-7/h4-6H,10H2,1-3H3. The summed E-state index contributed by atoms with van der Waals surface area (Å²) in [6.07, 6.45) is 0. The molecular weight excluding hydrogens is 133 g/mol. The van der Waals surface area contributed by atoms with E-state index in [4.69, 9.17) is 0 Å². The highest BCUT2D eigenvalue weighted by Gasteiger charge is 2.14. The van der Waals surface area contributed by atoms with Crippen molar-refractivity contribution in [2.75, 3.05) is 0 Å². The lowest BCUT2D eigenvalue weighted by Crippen LogP contribution is -2.19. The molecule has 0 aliphatic rings. The fraction of sp³-hybridized carbons (Fsp3) is 0.444. The smallest absolute Gasteiger partial charge is 0.163 e. The molecule has 1 aromatic heterocycles. The summed E-state index contributed by atoms with van der Waals surface area (Å²) >= 11 is 0. The quantitative estimate of drug-likeness (QED) is 0.490. The van der Waals surface area contributed by atoms with Gasteiger partial charge in [0.1, 0.15) is 0 Å². The minimum Gasteiger partial charge on any atom is -0.268 e. The maximum Gasteiger partial charge on any atom is 0.163 e. The Morgan fingerprint density at radius 1 is 1.27 bits per heavy atom. The van der Waals surface area contributed by atoms with Crippen LogP contribution in [0, 0.1) is 0 Å². The Balaban J connectivity index is 3.06. The molecule has 1 aromatic rings. The van der Waals surface area contributed by atoms with Gasteiger partial charge in [-0.05, 0) is 11.7 Å². The predicted octanol–water partition coefficient (Wildman–Crippen LogP) is 0.637. The van der Waals surface area contributed by atoms with Gasteiger partial charge in [0.05, 0.1) is 0 Å². The van der Waals surface area contributed by atoms with Crippen LogP contribution in [-0.2, 0) is 5.41 Å². The number of rotatable bonds is 0. The number of hydrogen-bond donors (Lipinski definition) is 0. The van der Waals surface area contributed by atoms with Crippen LogP contribution >= 0.6 is 0 Å². The van der Waals surface area contributed by atoms with Crippen LogP contribution in [0.3, 0.4) is 0 Å². The second-order valence-corrected chi connectivity index (χ2v) is 3.91. The van der Waals surface area contributed by atoms with Gasteiger partial charge in [-0.1, -0.05) is 32.9 Å². The van der Waals surface area contributed by atoms with E-state index in [1.54, 1.807) is 0 Å². The largest absolute Gasteiger partial charge is 0.268 e. The highest BCUT2D eigenvalue weighted by molar-refractivity contribution is 6.30. The summed E-state index contributed by atoms with van der Waals surface area (Å²) < 4.78 is 0. The van der Waals surface area contributed by atoms with Gasteiger partial charge in [-0.3, -0.25) is 4.98 Å². The van der Waals surface area contributed by atoms with Gasteiger partial charge >= 0.3 is 0 Å². The Kier molecular flexibility index (Phi) is 2.03. The molecule has 0 unspecified atom stereocenters. The first kappa shape index (κ1) is 8.31. The zero-order valence-corrected chi connectivity index (χ0v) is 7.68. The van der Waals surface area contributed by atoms with Crippen LogP contribution in [0.15, 0.2) is 18.2 Å². The molecule has 0 aliphatic carbocycles. The van der Waals surface area contributed by atoms with Crippen molar-refractivity contribution in [2.24, 2.45) is 0 Å². The SMILES string of the molecule is Bc1cccc(C(C)(C)C)n1. The van der Waals surface area contributed by atoms with Crippen molar-refractivity contribution in [3.05, 3.63) is 23.9 Å². The summed E-state index contributed by atoms with van der Waals surface area (Å²) in [5, 5.41) is 0. The summed E-state index contributed by atoms with van der Waals surface area (Å²) in [6, 6.07) is 6.16. The van der Waals surface area contributed by atoms with Crippen LogP contribution in [0.5, 0.6) is 0 Å². The molecule has 0 saturated heterocycles. The normalized spacial score (nSPS) is 11.5. The van der Waals surface area contributed by atoms with Crippen molar-refractivity contribution in [2.45, 2.75) is 26.2 Å². The highest BCUT2D eigenvalue weighted by Crippen LogP contribution is 2.17. The van der Waals surface area contributed by atoms with Gasteiger partial charge in [-0.15, -0.1) is 0 Å². The lowest BCUT2D eigenvalue weighted by atomic mass is 9.90. The molecule has 0 fully saturated rings. The minimum atomic E-state index is 0.173. The number of nitrogens with zero attached hydrogens (tertiary/aromatic N) is 1. The molecule has 0 aliphatic heterocycles. The molecule has 11 heavy (non-hydrogen) atoms. The zero-order valence-electron chi connectivity index (χ0n) is 7.68. The number of hydrogen-bond acceptors (Lipinski definition) is 1. The molecule has 0 atom stereocenters. The molecule has 1 rings (SSSR count). The average Bonchev–Trinajstić information content (AvgIpc) is 1.86. The van der Waals surface area contributed by atoms with Crippen molar-refractivity contribution in [3.8, 4) is 0 Å². The summed E-state index contributed by atoms with van der Waals surface area (Å²) in [6.45, 7) is 6.53. The van der Waals surface area contributed by atoms with Crippen molar-refractivity contribution < 1.29 is 0 Å².